The van der Waals surface area contributed by atoms with E-state index in [0.717, 1.165) is 19.6 Å². The van der Waals surface area contributed by atoms with Gasteiger partial charge in [0.25, 0.3) is 5.56 Å². The number of fused-ring (bicyclic) bond motifs is 1. The highest BCUT2D eigenvalue weighted by molar-refractivity contribution is 7.99. The maximum Gasteiger partial charge on any atom is 0.266 e. The molecule has 1 aromatic heterocycles. The number of likely N-dealkylation sites (tertiary alicyclic amines) is 1. The molecule has 0 bridgehead atoms. The number of amides is 1. The van der Waals surface area contributed by atoms with Crippen LogP contribution >= 0.6 is 11.8 Å². The lowest BCUT2D eigenvalue weighted by molar-refractivity contribution is -0.118. The minimum Gasteiger partial charge on any atom is -0.354 e. The van der Waals surface area contributed by atoms with Crippen molar-refractivity contribution in [3.05, 3.63) is 64.7 Å². The molecule has 8 heteroatoms. The first-order chi connectivity index (χ1) is 15.1. The van der Waals surface area contributed by atoms with Gasteiger partial charge in [-0.25, -0.2) is 9.37 Å². The molecule has 0 radical (unpaired) electrons. The fraction of sp³-hybridized carbons (Fsp3) is 0.348. The topological polar surface area (TPSA) is 67.2 Å². The average molecular weight is 441 g/mol. The van der Waals surface area contributed by atoms with Crippen molar-refractivity contribution in [1.82, 2.24) is 19.8 Å². The Morgan fingerprint density at radius 2 is 1.90 bits per heavy atom. The number of hydrogen-bond donors (Lipinski definition) is 1. The largest absolute Gasteiger partial charge is 0.354 e. The molecule has 1 fully saturated rings. The van der Waals surface area contributed by atoms with Crippen LogP contribution in [0.25, 0.3) is 16.6 Å². The zero-order valence-corrected chi connectivity index (χ0v) is 18.0. The van der Waals surface area contributed by atoms with Crippen LogP contribution < -0.4 is 10.9 Å². The summed E-state index contributed by atoms with van der Waals surface area (Å²) >= 11 is 1.17. The van der Waals surface area contributed by atoms with E-state index in [1.165, 1.54) is 47.7 Å². The SMILES string of the molecule is O=C(CSc1nc2ccccc2c(=O)n1-c1cccc(F)c1)NCCN1CCCCC1. The average Bonchev–Trinajstić information content (AvgIpc) is 2.78. The van der Waals surface area contributed by atoms with Crippen LogP contribution in [-0.4, -0.2) is 52.3 Å². The van der Waals surface area contributed by atoms with Gasteiger partial charge in [-0.05, 0) is 56.3 Å². The van der Waals surface area contributed by atoms with Gasteiger partial charge in [0.2, 0.25) is 5.91 Å². The van der Waals surface area contributed by atoms with Gasteiger partial charge in [0.1, 0.15) is 5.82 Å². The smallest absolute Gasteiger partial charge is 0.266 e. The van der Waals surface area contributed by atoms with E-state index in [2.05, 4.69) is 15.2 Å². The third-order valence-electron chi connectivity index (χ3n) is 5.34. The van der Waals surface area contributed by atoms with Gasteiger partial charge in [0.05, 0.1) is 22.3 Å². The normalized spacial score (nSPS) is 14.6. The lowest BCUT2D eigenvalue weighted by Crippen LogP contribution is -2.38. The number of para-hydroxylation sites is 1. The molecular formula is C23H25FN4O2S. The van der Waals surface area contributed by atoms with Gasteiger partial charge in [-0.2, -0.15) is 0 Å². The van der Waals surface area contributed by atoms with E-state index in [4.69, 9.17) is 0 Å². The van der Waals surface area contributed by atoms with Crippen molar-refractivity contribution in [2.75, 3.05) is 31.9 Å². The summed E-state index contributed by atoms with van der Waals surface area (Å²) in [5.41, 5.74) is 0.647. The van der Waals surface area contributed by atoms with Crippen molar-refractivity contribution < 1.29 is 9.18 Å². The second-order valence-electron chi connectivity index (χ2n) is 7.57. The fourth-order valence-electron chi connectivity index (χ4n) is 3.77. The van der Waals surface area contributed by atoms with Gasteiger partial charge in [-0.15, -0.1) is 0 Å². The van der Waals surface area contributed by atoms with Gasteiger partial charge < -0.3 is 10.2 Å². The van der Waals surface area contributed by atoms with E-state index < -0.39 is 5.82 Å². The number of nitrogens with zero attached hydrogens (tertiary/aromatic N) is 3. The molecule has 2 aromatic carbocycles. The van der Waals surface area contributed by atoms with Crippen LogP contribution in [0.5, 0.6) is 0 Å². The Hall–Kier alpha value is -2.71. The summed E-state index contributed by atoms with van der Waals surface area (Å²) < 4.78 is 15.2. The molecule has 6 nitrogen and oxygen atoms in total. The summed E-state index contributed by atoms with van der Waals surface area (Å²) in [6.07, 6.45) is 3.72. The van der Waals surface area contributed by atoms with Crippen LogP contribution in [-0.2, 0) is 4.79 Å². The van der Waals surface area contributed by atoms with Crippen LogP contribution in [0.3, 0.4) is 0 Å². The Kier molecular flexibility index (Phi) is 6.99. The quantitative estimate of drug-likeness (QED) is 0.451. The molecule has 2 heterocycles. The summed E-state index contributed by atoms with van der Waals surface area (Å²) in [6, 6.07) is 12.9. The molecule has 1 aliphatic heterocycles. The number of hydrogen-bond acceptors (Lipinski definition) is 5. The van der Waals surface area contributed by atoms with E-state index in [-0.39, 0.29) is 17.2 Å². The van der Waals surface area contributed by atoms with Crippen molar-refractivity contribution in [2.24, 2.45) is 0 Å². The predicted molar refractivity (Wildman–Crippen MR) is 121 cm³/mol. The molecule has 4 rings (SSSR count). The molecule has 1 amide bonds. The zero-order chi connectivity index (χ0) is 21.6. The number of carbonyl (C=O) groups excluding carboxylic acids is 1. The summed E-state index contributed by atoms with van der Waals surface area (Å²) in [5.74, 6) is -0.431. The minimum atomic E-state index is -0.441. The van der Waals surface area contributed by atoms with Crippen LogP contribution in [0, 0.1) is 5.82 Å². The molecule has 1 N–H and O–H groups in total. The highest BCUT2D eigenvalue weighted by Crippen LogP contribution is 2.21. The highest BCUT2D eigenvalue weighted by Gasteiger charge is 2.15. The molecule has 0 aliphatic carbocycles. The molecule has 0 saturated carbocycles. The maximum absolute atomic E-state index is 13.8. The second-order valence-corrected chi connectivity index (χ2v) is 8.52. The number of carbonyl (C=O) groups is 1. The Labute approximate surface area is 184 Å². The summed E-state index contributed by atoms with van der Waals surface area (Å²) in [5, 5.41) is 3.75. The third-order valence-corrected chi connectivity index (χ3v) is 6.28. The zero-order valence-electron chi connectivity index (χ0n) is 17.2. The Bertz CT molecular complexity index is 1130. The minimum absolute atomic E-state index is 0.116. The second kappa shape index (κ2) is 10.1. The lowest BCUT2D eigenvalue weighted by Gasteiger charge is -2.26. The van der Waals surface area contributed by atoms with Crippen LogP contribution in [0.4, 0.5) is 4.39 Å². The summed E-state index contributed by atoms with van der Waals surface area (Å²) in [6.45, 7) is 3.62. The molecule has 1 aliphatic rings. The van der Waals surface area contributed by atoms with Crippen molar-refractivity contribution in [3.8, 4) is 5.69 Å². The number of halogens is 1. The maximum atomic E-state index is 13.8. The number of thioether (sulfide) groups is 1. The van der Waals surface area contributed by atoms with Crippen LogP contribution in [0.15, 0.2) is 58.5 Å². The number of nitrogens with one attached hydrogen (secondary N) is 1. The third kappa shape index (κ3) is 5.32. The molecule has 1 saturated heterocycles. The van der Waals surface area contributed by atoms with Crippen molar-refractivity contribution in [2.45, 2.75) is 24.4 Å². The van der Waals surface area contributed by atoms with Crippen molar-refractivity contribution in [1.29, 1.82) is 0 Å². The van der Waals surface area contributed by atoms with Crippen LogP contribution in [0.1, 0.15) is 19.3 Å². The molecule has 162 valence electrons. The molecule has 0 atom stereocenters. The van der Waals surface area contributed by atoms with E-state index in [1.54, 1.807) is 30.3 Å². The van der Waals surface area contributed by atoms with Crippen molar-refractivity contribution >= 4 is 28.6 Å². The van der Waals surface area contributed by atoms with Gasteiger partial charge >= 0.3 is 0 Å². The highest BCUT2D eigenvalue weighted by atomic mass is 32.2. The molecule has 31 heavy (non-hydrogen) atoms. The molecule has 3 aromatic rings. The van der Waals surface area contributed by atoms with Crippen LogP contribution in [0.2, 0.25) is 0 Å². The first kappa shape index (κ1) is 21.5. The molecule has 0 spiro atoms. The monoisotopic (exact) mass is 440 g/mol. The lowest BCUT2D eigenvalue weighted by atomic mass is 10.1. The number of benzene rings is 2. The Morgan fingerprint density at radius 1 is 1.10 bits per heavy atom. The number of rotatable bonds is 7. The van der Waals surface area contributed by atoms with E-state index in [1.807, 2.05) is 6.07 Å². The number of piperidine rings is 1. The van der Waals surface area contributed by atoms with Crippen molar-refractivity contribution in [3.63, 3.8) is 0 Å². The Balaban J connectivity index is 1.50. The summed E-state index contributed by atoms with van der Waals surface area (Å²) in [4.78, 5) is 32.5. The van der Waals surface area contributed by atoms with Gasteiger partial charge in [0, 0.05) is 13.1 Å². The predicted octanol–water partition coefficient (Wildman–Crippen LogP) is 3.22. The van der Waals surface area contributed by atoms with E-state index >= 15 is 0 Å². The van der Waals surface area contributed by atoms with Gasteiger partial charge in [0.15, 0.2) is 5.16 Å². The van der Waals surface area contributed by atoms with E-state index in [0.29, 0.717) is 28.3 Å². The Morgan fingerprint density at radius 3 is 2.71 bits per heavy atom. The standard InChI is InChI=1S/C23H25FN4O2S/c24-17-7-6-8-18(15-17)28-22(30)19-9-2-3-10-20(19)26-23(28)31-16-21(29)25-11-14-27-12-4-1-5-13-27/h2-3,6-10,15H,1,4-5,11-14,16H2,(H,25,29). The molecule has 0 unspecified atom stereocenters. The number of aromatic nitrogens is 2. The van der Waals surface area contributed by atoms with Gasteiger partial charge in [-0.3, -0.25) is 14.2 Å². The fourth-order valence-corrected chi connectivity index (χ4v) is 4.61. The summed E-state index contributed by atoms with van der Waals surface area (Å²) in [7, 11) is 0. The molecular weight excluding hydrogens is 415 g/mol. The first-order valence-corrected chi connectivity index (χ1v) is 11.5. The van der Waals surface area contributed by atoms with E-state index in [9.17, 15) is 14.0 Å². The van der Waals surface area contributed by atoms with Gasteiger partial charge in [-0.1, -0.05) is 36.4 Å². The first-order valence-electron chi connectivity index (χ1n) is 10.5.